The van der Waals surface area contributed by atoms with Crippen LogP contribution in [0.4, 0.5) is 4.79 Å². The zero-order chi connectivity index (χ0) is 7.98. The summed E-state index contributed by atoms with van der Waals surface area (Å²) < 4.78 is 0. The summed E-state index contributed by atoms with van der Waals surface area (Å²) in [6, 6.07) is -0.818. The van der Waals surface area contributed by atoms with Gasteiger partial charge in [-0.25, -0.2) is 10.2 Å². The van der Waals surface area contributed by atoms with Gasteiger partial charge in [0, 0.05) is 0 Å². The van der Waals surface area contributed by atoms with Crippen molar-refractivity contribution in [1.29, 1.82) is 0 Å². The largest absolute Gasteiger partial charge is 0.393 e. The Balaban J connectivity index is 3.45. The van der Waals surface area contributed by atoms with Crippen LogP contribution in [0.2, 0.25) is 0 Å². The Kier molecular flexibility index (Phi) is 4.17. The van der Waals surface area contributed by atoms with E-state index in [4.69, 9.17) is 10.2 Å². The molecule has 2 amide bonds. The molecule has 0 saturated carbocycles. The van der Waals surface area contributed by atoms with Crippen LogP contribution in [0.25, 0.3) is 0 Å². The summed E-state index contributed by atoms with van der Waals surface area (Å²) in [5, 5.41) is 20.0. The van der Waals surface area contributed by atoms with Crippen molar-refractivity contribution in [1.82, 2.24) is 5.43 Å². The third kappa shape index (κ3) is 5.01. The van der Waals surface area contributed by atoms with Crippen molar-refractivity contribution < 1.29 is 15.0 Å². The summed E-state index contributed by atoms with van der Waals surface area (Å²) in [7, 11) is 0. The fourth-order valence-corrected chi connectivity index (χ4v) is 0.234. The second-order valence-electron chi connectivity index (χ2n) is 1.50. The number of aliphatic hydroxyl groups excluding tert-OH is 2. The summed E-state index contributed by atoms with van der Waals surface area (Å²) in [6.07, 6.45) is -0.100. The Morgan fingerprint density at radius 3 is 2.90 bits per heavy atom. The minimum atomic E-state index is -1.06. The van der Waals surface area contributed by atoms with E-state index in [0.717, 1.165) is 6.21 Å². The molecule has 6 heteroatoms. The first kappa shape index (κ1) is 8.86. The van der Waals surface area contributed by atoms with E-state index in [1.807, 2.05) is 5.43 Å². The smallest absolute Gasteiger partial charge is 0.332 e. The average molecular weight is 147 g/mol. The fourth-order valence-electron chi connectivity index (χ4n) is 0.234. The monoisotopic (exact) mass is 147 g/mol. The van der Waals surface area contributed by atoms with Gasteiger partial charge in [-0.05, 0) is 0 Å². The van der Waals surface area contributed by atoms with Crippen molar-refractivity contribution in [3.63, 3.8) is 0 Å². The van der Waals surface area contributed by atoms with E-state index < -0.39 is 18.7 Å². The maximum absolute atomic E-state index is 9.92. The molecule has 10 heavy (non-hydrogen) atoms. The molecule has 0 bridgehead atoms. The van der Waals surface area contributed by atoms with Crippen LogP contribution in [0.3, 0.4) is 0 Å². The highest BCUT2D eigenvalue weighted by molar-refractivity contribution is 5.73. The van der Waals surface area contributed by atoms with Crippen LogP contribution in [0, 0.1) is 0 Å². The molecule has 0 aromatic carbocycles. The van der Waals surface area contributed by atoms with Crippen molar-refractivity contribution >= 4 is 12.2 Å². The Morgan fingerprint density at radius 1 is 1.90 bits per heavy atom. The molecule has 0 heterocycles. The van der Waals surface area contributed by atoms with Gasteiger partial charge >= 0.3 is 6.03 Å². The number of rotatable bonds is 3. The van der Waals surface area contributed by atoms with E-state index in [0.29, 0.717) is 0 Å². The van der Waals surface area contributed by atoms with E-state index in [2.05, 4.69) is 10.8 Å². The van der Waals surface area contributed by atoms with E-state index in [-0.39, 0.29) is 0 Å². The number of hydrogen-bond acceptors (Lipinski definition) is 4. The number of carbonyl (C=O) groups excluding carboxylic acids is 1. The topological polar surface area (TPSA) is 108 Å². The number of nitrogens with one attached hydrogen (secondary N) is 1. The lowest BCUT2D eigenvalue weighted by Crippen LogP contribution is -2.26. The van der Waals surface area contributed by atoms with Gasteiger partial charge in [-0.3, -0.25) is 0 Å². The van der Waals surface area contributed by atoms with E-state index >= 15 is 0 Å². The number of aliphatic hydroxyl groups is 2. The van der Waals surface area contributed by atoms with Gasteiger partial charge in [0.15, 0.2) is 0 Å². The van der Waals surface area contributed by atoms with Gasteiger partial charge in [0.05, 0.1) is 12.8 Å². The minimum Gasteiger partial charge on any atom is -0.393 e. The van der Waals surface area contributed by atoms with Gasteiger partial charge in [-0.1, -0.05) is 0 Å². The van der Waals surface area contributed by atoms with Crippen LogP contribution in [0.5, 0.6) is 0 Å². The molecule has 58 valence electrons. The first-order valence-electron chi connectivity index (χ1n) is 2.54. The molecular formula is C4H9N3O3. The van der Waals surface area contributed by atoms with Crippen LogP contribution in [0.1, 0.15) is 0 Å². The summed E-state index contributed by atoms with van der Waals surface area (Å²) in [5.74, 6) is 0. The number of amides is 2. The number of hydrogen-bond donors (Lipinski definition) is 4. The van der Waals surface area contributed by atoms with Gasteiger partial charge in [0.2, 0.25) is 0 Å². The number of hydrazone groups is 1. The molecule has 0 aliphatic rings. The molecule has 0 aliphatic heterocycles. The fraction of sp³-hybridized carbons (Fsp3) is 0.500. The molecule has 0 rings (SSSR count). The summed E-state index contributed by atoms with van der Waals surface area (Å²) in [6.45, 7) is -0.441. The highest BCUT2D eigenvalue weighted by Gasteiger charge is 1.94. The van der Waals surface area contributed by atoms with Crippen molar-refractivity contribution in [2.45, 2.75) is 6.10 Å². The van der Waals surface area contributed by atoms with Gasteiger partial charge in [-0.15, -0.1) is 0 Å². The molecule has 1 unspecified atom stereocenters. The van der Waals surface area contributed by atoms with E-state index in [1.165, 1.54) is 0 Å². The average Bonchev–Trinajstić information content (AvgIpc) is 1.87. The van der Waals surface area contributed by atoms with Crippen molar-refractivity contribution in [3.8, 4) is 0 Å². The minimum absolute atomic E-state index is 0.441. The summed E-state index contributed by atoms with van der Waals surface area (Å²) >= 11 is 0. The maximum atomic E-state index is 9.92. The normalized spacial score (nSPS) is 13.4. The lowest BCUT2D eigenvalue weighted by Gasteiger charge is -1.96. The lowest BCUT2D eigenvalue weighted by atomic mass is 10.4. The number of primary amides is 1. The number of nitrogens with zero attached hydrogens (tertiary/aromatic N) is 1. The van der Waals surface area contributed by atoms with Crippen LogP contribution in [-0.4, -0.2) is 35.2 Å². The number of carbonyl (C=O) groups is 1. The SMILES string of the molecule is NC(=O)NN=CC(O)CO. The molecule has 0 aromatic rings. The Hall–Kier alpha value is -1.14. The first-order chi connectivity index (χ1) is 4.66. The third-order valence-electron chi connectivity index (χ3n) is 0.608. The van der Waals surface area contributed by atoms with E-state index in [1.54, 1.807) is 0 Å². The number of nitrogens with two attached hydrogens (primary N) is 1. The standard InChI is InChI=1S/C4H9N3O3/c5-4(10)7-6-1-3(9)2-8/h1,3,8-9H,2H2,(H3,5,7,10). The quantitative estimate of drug-likeness (QED) is 0.273. The highest BCUT2D eigenvalue weighted by atomic mass is 16.3. The molecular weight excluding hydrogens is 138 g/mol. The van der Waals surface area contributed by atoms with Gasteiger partial charge in [-0.2, -0.15) is 5.10 Å². The van der Waals surface area contributed by atoms with Crippen LogP contribution in [0.15, 0.2) is 5.10 Å². The number of urea groups is 1. The predicted octanol–water partition coefficient (Wildman–Crippen LogP) is -2.01. The van der Waals surface area contributed by atoms with Crippen LogP contribution >= 0.6 is 0 Å². The lowest BCUT2D eigenvalue weighted by molar-refractivity contribution is 0.147. The molecule has 0 spiro atoms. The first-order valence-corrected chi connectivity index (χ1v) is 2.54. The van der Waals surface area contributed by atoms with Crippen molar-refractivity contribution in [3.05, 3.63) is 0 Å². The molecule has 0 aromatic heterocycles. The van der Waals surface area contributed by atoms with Crippen LogP contribution in [-0.2, 0) is 0 Å². The Labute approximate surface area is 57.3 Å². The molecule has 0 aliphatic carbocycles. The van der Waals surface area contributed by atoms with Crippen molar-refractivity contribution in [2.75, 3.05) is 6.61 Å². The maximum Gasteiger partial charge on any atom is 0.332 e. The molecule has 6 nitrogen and oxygen atoms in total. The molecule has 1 atom stereocenters. The molecule has 5 N–H and O–H groups in total. The zero-order valence-corrected chi connectivity index (χ0v) is 5.19. The molecule has 0 saturated heterocycles. The van der Waals surface area contributed by atoms with E-state index in [9.17, 15) is 4.79 Å². The van der Waals surface area contributed by atoms with Crippen LogP contribution < -0.4 is 11.2 Å². The third-order valence-corrected chi connectivity index (χ3v) is 0.608. The van der Waals surface area contributed by atoms with Gasteiger partial charge in [0.1, 0.15) is 6.10 Å². The van der Waals surface area contributed by atoms with Crippen molar-refractivity contribution in [2.24, 2.45) is 10.8 Å². The highest BCUT2D eigenvalue weighted by Crippen LogP contribution is 1.71. The second kappa shape index (κ2) is 4.71. The summed E-state index contributed by atoms with van der Waals surface area (Å²) in [4.78, 5) is 9.92. The predicted molar refractivity (Wildman–Crippen MR) is 34.3 cm³/mol. The Morgan fingerprint density at radius 2 is 2.50 bits per heavy atom. The van der Waals surface area contributed by atoms with Gasteiger partial charge in [0.25, 0.3) is 0 Å². The Bertz CT molecular complexity index is 136. The molecule has 0 radical (unpaired) electrons. The summed E-state index contributed by atoms with van der Waals surface area (Å²) in [5.41, 5.74) is 6.46. The zero-order valence-electron chi connectivity index (χ0n) is 5.19. The molecule has 0 fully saturated rings. The second-order valence-corrected chi connectivity index (χ2v) is 1.50. The van der Waals surface area contributed by atoms with Gasteiger partial charge < -0.3 is 15.9 Å².